The summed E-state index contributed by atoms with van der Waals surface area (Å²) < 4.78 is 5.05. The van der Waals surface area contributed by atoms with Crippen molar-refractivity contribution in [2.24, 2.45) is 0 Å². The van der Waals surface area contributed by atoms with Gasteiger partial charge in [0.2, 0.25) is 5.88 Å². The summed E-state index contributed by atoms with van der Waals surface area (Å²) in [6.45, 7) is 2.02. The van der Waals surface area contributed by atoms with Crippen LogP contribution < -0.4 is 4.74 Å². The molecule has 2 aromatic rings. The highest BCUT2D eigenvalue weighted by Crippen LogP contribution is 2.21. The SMILES string of the molecule is COc1cc(Cl)nc(-c2cccc(C)c2)n1. The monoisotopic (exact) mass is 234 g/mol. The van der Waals surface area contributed by atoms with Crippen LogP contribution >= 0.6 is 11.6 Å². The molecule has 0 spiro atoms. The number of nitrogens with zero attached hydrogens (tertiary/aromatic N) is 2. The van der Waals surface area contributed by atoms with Gasteiger partial charge in [-0.1, -0.05) is 35.4 Å². The Labute approximate surface area is 99.1 Å². The molecule has 0 unspecified atom stereocenters. The van der Waals surface area contributed by atoms with Gasteiger partial charge in [-0.05, 0) is 13.0 Å². The first-order valence-electron chi connectivity index (χ1n) is 4.84. The lowest BCUT2D eigenvalue weighted by molar-refractivity contribution is 0.397. The van der Waals surface area contributed by atoms with Gasteiger partial charge in [0, 0.05) is 11.6 Å². The third-order valence-electron chi connectivity index (χ3n) is 2.16. The minimum atomic E-state index is 0.378. The minimum absolute atomic E-state index is 0.378. The maximum Gasteiger partial charge on any atom is 0.218 e. The summed E-state index contributed by atoms with van der Waals surface area (Å²) in [6.07, 6.45) is 0. The molecule has 0 radical (unpaired) electrons. The van der Waals surface area contributed by atoms with E-state index in [4.69, 9.17) is 16.3 Å². The van der Waals surface area contributed by atoms with Gasteiger partial charge in [-0.15, -0.1) is 0 Å². The molecule has 3 nitrogen and oxygen atoms in total. The van der Waals surface area contributed by atoms with Crippen LogP contribution in [0.4, 0.5) is 0 Å². The zero-order valence-electron chi connectivity index (χ0n) is 9.07. The van der Waals surface area contributed by atoms with Gasteiger partial charge >= 0.3 is 0 Å². The van der Waals surface area contributed by atoms with Crippen molar-refractivity contribution < 1.29 is 4.74 Å². The molecule has 0 N–H and O–H groups in total. The van der Waals surface area contributed by atoms with E-state index in [0.29, 0.717) is 16.9 Å². The van der Waals surface area contributed by atoms with Gasteiger partial charge < -0.3 is 4.74 Å². The van der Waals surface area contributed by atoms with E-state index in [1.54, 1.807) is 13.2 Å². The van der Waals surface area contributed by atoms with E-state index in [9.17, 15) is 0 Å². The van der Waals surface area contributed by atoms with E-state index < -0.39 is 0 Å². The summed E-state index contributed by atoms with van der Waals surface area (Å²) in [4.78, 5) is 8.41. The van der Waals surface area contributed by atoms with Crippen molar-refractivity contribution in [2.75, 3.05) is 7.11 Å². The van der Waals surface area contributed by atoms with Crippen LogP contribution in [0.5, 0.6) is 5.88 Å². The Morgan fingerprint density at radius 3 is 2.69 bits per heavy atom. The predicted octanol–water partition coefficient (Wildman–Crippen LogP) is 3.11. The van der Waals surface area contributed by atoms with Crippen LogP contribution in [-0.2, 0) is 0 Å². The number of ether oxygens (including phenoxy) is 1. The first kappa shape index (κ1) is 10.9. The molecule has 1 heterocycles. The van der Waals surface area contributed by atoms with Crippen LogP contribution in [0.2, 0.25) is 5.15 Å². The van der Waals surface area contributed by atoms with E-state index in [1.807, 2.05) is 31.2 Å². The molecule has 0 bridgehead atoms. The summed E-state index contributed by atoms with van der Waals surface area (Å²) in [5, 5.41) is 0.378. The van der Waals surface area contributed by atoms with Gasteiger partial charge in [-0.2, -0.15) is 4.98 Å². The molecule has 82 valence electrons. The van der Waals surface area contributed by atoms with Gasteiger partial charge in [0.15, 0.2) is 5.82 Å². The topological polar surface area (TPSA) is 35.0 Å². The lowest BCUT2D eigenvalue weighted by atomic mass is 10.1. The Bertz CT molecular complexity index is 514. The molecule has 4 heteroatoms. The molecule has 0 atom stereocenters. The number of hydrogen-bond donors (Lipinski definition) is 0. The summed E-state index contributed by atoms with van der Waals surface area (Å²) in [6, 6.07) is 9.51. The van der Waals surface area contributed by atoms with Crippen LogP contribution in [-0.4, -0.2) is 17.1 Å². The van der Waals surface area contributed by atoms with Crippen molar-refractivity contribution in [3.8, 4) is 17.3 Å². The maximum absolute atomic E-state index is 5.89. The molecule has 1 aromatic carbocycles. The highest BCUT2D eigenvalue weighted by Gasteiger charge is 2.05. The number of aryl methyl sites for hydroxylation is 1. The normalized spacial score (nSPS) is 10.2. The quantitative estimate of drug-likeness (QED) is 0.749. The van der Waals surface area contributed by atoms with E-state index >= 15 is 0 Å². The van der Waals surface area contributed by atoms with E-state index in [-0.39, 0.29) is 0 Å². The molecule has 0 amide bonds. The highest BCUT2D eigenvalue weighted by molar-refractivity contribution is 6.29. The highest BCUT2D eigenvalue weighted by atomic mass is 35.5. The molecule has 0 fully saturated rings. The largest absolute Gasteiger partial charge is 0.481 e. The van der Waals surface area contributed by atoms with Crippen LogP contribution in [0, 0.1) is 6.92 Å². The second-order valence-corrected chi connectivity index (χ2v) is 3.81. The summed E-state index contributed by atoms with van der Waals surface area (Å²) in [5.74, 6) is 1.05. The van der Waals surface area contributed by atoms with Crippen molar-refractivity contribution in [3.05, 3.63) is 41.0 Å². The zero-order valence-corrected chi connectivity index (χ0v) is 9.82. The van der Waals surface area contributed by atoms with Crippen molar-refractivity contribution in [3.63, 3.8) is 0 Å². The molecular weight excluding hydrogens is 224 g/mol. The summed E-state index contributed by atoms with van der Waals surface area (Å²) in [7, 11) is 1.55. The van der Waals surface area contributed by atoms with E-state index in [0.717, 1.165) is 11.1 Å². The smallest absolute Gasteiger partial charge is 0.218 e. The third-order valence-corrected chi connectivity index (χ3v) is 2.35. The van der Waals surface area contributed by atoms with E-state index in [1.165, 1.54) is 0 Å². The van der Waals surface area contributed by atoms with Crippen molar-refractivity contribution >= 4 is 11.6 Å². The molecule has 0 saturated heterocycles. The number of aromatic nitrogens is 2. The van der Waals surface area contributed by atoms with Crippen molar-refractivity contribution in [1.29, 1.82) is 0 Å². The number of halogens is 1. The summed E-state index contributed by atoms with van der Waals surface area (Å²) >= 11 is 5.89. The zero-order chi connectivity index (χ0) is 11.5. The van der Waals surface area contributed by atoms with Gasteiger partial charge in [-0.3, -0.25) is 0 Å². The molecule has 16 heavy (non-hydrogen) atoms. The molecular formula is C12H11ClN2O. The Kier molecular flexibility index (Phi) is 3.06. The average molecular weight is 235 g/mol. The standard InChI is InChI=1S/C12H11ClN2O/c1-8-4-3-5-9(6-8)12-14-10(13)7-11(15-12)16-2/h3-7H,1-2H3. The van der Waals surface area contributed by atoms with Gasteiger partial charge in [-0.25, -0.2) is 4.98 Å². The Morgan fingerprint density at radius 2 is 2.00 bits per heavy atom. The fourth-order valence-corrected chi connectivity index (χ4v) is 1.59. The second-order valence-electron chi connectivity index (χ2n) is 3.43. The van der Waals surface area contributed by atoms with Crippen molar-refractivity contribution in [1.82, 2.24) is 9.97 Å². The Hall–Kier alpha value is -1.61. The van der Waals surface area contributed by atoms with Crippen LogP contribution in [0.1, 0.15) is 5.56 Å². The predicted molar refractivity (Wildman–Crippen MR) is 63.8 cm³/mol. The van der Waals surface area contributed by atoms with E-state index in [2.05, 4.69) is 9.97 Å². The minimum Gasteiger partial charge on any atom is -0.481 e. The molecule has 0 saturated carbocycles. The van der Waals surface area contributed by atoms with Crippen LogP contribution in [0.25, 0.3) is 11.4 Å². The molecule has 0 aliphatic carbocycles. The number of rotatable bonds is 2. The number of benzene rings is 1. The first-order valence-corrected chi connectivity index (χ1v) is 5.22. The van der Waals surface area contributed by atoms with Gasteiger partial charge in [0.25, 0.3) is 0 Å². The molecule has 2 rings (SSSR count). The van der Waals surface area contributed by atoms with Crippen LogP contribution in [0.3, 0.4) is 0 Å². The fraction of sp³-hybridized carbons (Fsp3) is 0.167. The lowest BCUT2D eigenvalue weighted by Gasteiger charge is -2.04. The lowest BCUT2D eigenvalue weighted by Crippen LogP contribution is -1.94. The molecule has 0 aliphatic rings. The Balaban J connectivity index is 2.51. The Morgan fingerprint density at radius 1 is 1.19 bits per heavy atom. The number of methoxy groups -OCH3 is 1. The molecule has 0 aliphatic heterocycles. The van der Waals surface area contributed by atoms with Crippen molar-refractivity contribution in [2.45, 2.75) is 6.92 Å². The molecule has 1 aromatic heterocycles. The van der Waals surface area contributed by atoms with Gasteiger partial charge in [0.05, 0.1) is 7.11 Å². The number of hydrogen-bond acceptors (Lipinski definition) is 3. The van der Waals surface area contributed by atoms with Gasteiger partial charge in [0.1, 0.15) is 5.15 Å². The second kappa shape index (κ2) is 4.49. The van der Waals surface area contributed by atoms with Crippen LogP contribution in [0.15, 0.2) is 30.3 Å². The maximum atomic E-state index is 5.89. The average Bonchev–Trinajstić information content (AvgIpc) is 2.28. The first-order chi connectivity index (χ1) is 7.69. The summed E-state index contributed by atoms with van der Waals surface area (Å²) in [5.41, 5.74) is 2.08. The fourth-order valence-electron chi connectivity index (χ4n) is 1.41. The third kappa shape index (κ3) is 2.31.